The van der Waals surface area contributed by atoms with Crippen LogP contribution >= 0.6 is 0 Å². The summed E-state index contributed by atoms with van der Waals surface area (Å²) in [6, 6.07) is 32.6. The number of nitrogens with zero attached hydrogens (tertiary/aromatic N) is 6. The lowest BCUT2D eigenvalue weighted by Crippen LogP contribution is -2.11. The molecule has 0 aliphatic carbocycles. The molecule has 0 unspecified atom stereocenters. The summed E-state index contributed by atoms with van der Waals surface area (Å²) in [4.78, 5) is 24.9. The fourth-order valence-electron chi connectivity index (χ4n) is 6.85. The van der Waals surface area contributed by atoms with Gasteiger partial charge in [-0.3, -0.25) is 9.59 Å². The van der Waals surface area contributed by atoms with Crippen LogP contribution in [0, 0.1) is 11.6 Å². The molecule has 0 atom stereocenters. The molecule has 9 rings (SSSR count). The second kappa shape index (κ2) is 19.1. The number of fused-ring (bicyclic) bond motifs is 2. The Morgan fingerprint density at radius 3 is 1.39 bits per heavy atom. The third kappa shape index (κ3) is 9.94. The van der Waals surface area contributed by atoms with Gasteiger partial charge in [0.25, 0.3) is 0 Å². The van der Waals surface area contributed by atoms with Crippen LogP contribution in [0.5, 0.6) is 11.5 Å². The zero-order valence-electron chi connectivity index (χ0n) is 34.1. The van der Waals surface area contributed by atoms with Gasteiger partial charge >= 0.3 is 0 Å². The Morgan fingerprint density at radius 1 is 0.484 bits per heavy atom. The van der Waals surface area contributed by atoms with Crippen LogP contribution in [0.25, 0.3) is 67.1 Å². The van der Waals surface area contributed by atoms with Crippen LogP contribution in [0.15, 0.2) is 152 Å². The molecule has 64 heavy (non-hydrogen) atoms. The largest absolute Gasteiger partial charge is 0.491 e. The molecule has 0 aliphatic heterocycles. The van der Waals surface area contributed by atoms with Crippen molar-refractivity contribution in [2.24, 2.45) is 0 Å². The van der Waals surface area contributed by atoms with Gasteiger partial charge in [0.2, 0.25) is 0 Å². The van der Waals surface area contributed by atoms with Gasteiger partial charge in [-0.05, 0) is 91.0 Å². The highest BCUT2D eigenvalue weighted by atomic mass is 19.1. The molecule has 0 radical (unpaired) electrons. The van der Waals surface area contributed by atoms with Crippen molar-refractivity contribution in [3.8, 4) is 56.7 Å². The van der Waals surface area contributed by atoms with E-state index in [-0.39, 0.29) is 21.6 Å². The molecule has 5 aromatic carbocycles. The number of halogens is 2. The smallest absolute Gasteiger partial charge is 0.193 e. The standard InChI is InChI=1S/C48H38F2N6O8/c49-35-8-14-45-39(25-35)43(57)27-47(63-45)31-4-10-37(11-5-31)61-22-20-59-18-16-55-29-41(51-53-55)33-2-1-3-34(24-33)42-30-56(54-52-42)17-19-60-21-23-62-38-12-6-32(7-13-38)48-28-44(58)40-26-36(50)9-15-46(40)64-48/h1-15,24-30H,16-23H2. The van der Waals surface area contributed by atoms with Crippen molar-refractivity contribution < 1.29 is 36.6 Å². The number of benzene rings is 5. The Hall–Kier alpha value is -7.82. The van der Waals surface area contributed by atoms with Gasteiger partial charge in [-0.2, -0.15) is 0 Å². The summed E-state index contributed by atoms with van der Waals surface area (Å²) >= 11 is 0. The third-order valence-corrected chi connectivity index (χ3v) is 10.1. The molecule has 4 heterocycles. The van der Waals surface area contributed by atoms with Crippen LogP contribution in [0.2, 0.25) is 0 Å². The van der Waals surface area contributed by atoms with E-state index < -0.39 is 11.6 Å². The van der Waals surface area contributed by atoms with Crippen molar-refractivity contribution in [3.05, 3.63) is 166 Å². The number of hydrogen-bond acceptors (Lipinski definition) is 12. The summed E-state index contributed by atoms with van der Waals surface area (Å²) in [7, 11) is 0. The van der Waals surface area contributed by atoms with E-state index in [1.54, 1.807) is 57.9 Å². The quantitative estimate of drug-likeness (QED) is 0.0763. The van der Waals surface area contributed by atoms with Gasteiger partial charge in [-0.15, -0.1) is 10.2 Å². The summed E-state index contributed by atoms with van der Waals surface area (Å²) in [5.74, 6) is 1.05. The molecule has 0 fully saturated rings. The lowest BCUT2D eigenvalue weighted by atomic mass is 10.1. The molecular weight excluding hydrogens is 827 g/mol. The Morgan fingerprint density at radius 2 is 0.938 bits per heavy atom. The monoisotopic (exact) mass is 864 g/mol. The van der Waals surface area contributed by atoms with Crippen molar-refractivity contribution in [1.29, 1.82) is 0 Å². The van der Waals surface area contributed by atoms with E-state index in [1.165, 1.54) is 48.5 Å². The van der Waals surface area contributed by atoms with Crippen LogP contribution < -0.4 is 20.3 Å². The van der Waals surface area contributed by atoms with E-state index in [0.717, 1.165) is 11.1 Å². The second-order valence-corrected chi connectivity index (χ2v) is 14.5. The second-order valence-electron chi connectivity index (χ2n) is 14.5. The first-order valence-electron chi connectivity index (χ1n) is 20.3. The number of rotatable bonds is 18. The highest BCUT2D eigenvalue weighted by molar-refractivity contribution is 5.80. The van der Waals surface area contributed by atoms with E-state index in [1.807, 2.05) is 36.7 Å². The lowest BCUT2D eigenvalue weighted by molar-refractivity contribution is 0.0923. The van der Waals surface area contributed by atoms with Gasteiger partial charge in [0.05, 0.1) is 62.7 Å². The number of ether oxygens (including phenoxy) is 4. The minimum Gasteiger partial charge on any atom is -0.491 e. The van der Waals surface area contributed by atoms with Gasteiger partial charge in [-0.1, -0.05) is 28.6 Å². The fourth-order valence-corrected chi connectivity index (χ4v) is 6.85. The summed E-state index contributed by atoms with van der Waals surface area (Å²) in [5.41, 5.74) is 4.58. The maximum Gasteiger partial charge on any atom is 0.193 e. The number of hydrogen-bond donors (Lipinski definition) is 0. The molecule has 0 saturated heterocycles. The third-order valence-electron chi connectivity index (χ3n) is 10.1. The summed E-state index contributed by atoms with van der Waals surface area (Å²) in [6.07, 6.45) is 3.72. The van der Waals surface area contributed by atoms with Gasteiger partial charge < -0.3 is 27.8 Å². The van der Waals surface area contributed by atoms with Crippen molar-refractivity contribution in [3.63, 3.8) is 0 Å². The molecule has 0 N–H and O–H groups in total. The maximum absolute atomic E-state index is 13.5. The molecule has 0 amide bonds. The fraction of sp³-hybridized carbons (Fsp3) is 0.167. The average molecular weight is 865 g/mol. The van der Waals surface area contributed by atoms with Gasteiger partial charge in [0, 0.05) is 34.4 Å². The Balaban J connectivity index is 0.674. The first-order valence-corrected chi connectivity index (χ1v) is 20.3. The van der Waals surface area contributed by atoms with Gasteiger partial charge in [0.15, 0.2) is 10.9 Å². The first kappa shape index (κ1) is 41.5. The summed E-state index contributed by atoms with van der Waals surface area (Å²) < 4.78 is 65.3. The molecule has 322 valence electrons. The van der Waals surface area contributed by atoms with Crippen molar-refractivity contribution in [1.82, 2.24) is 30.0 Å². The van der Waals surface area contributed by atoms with Crippen molar-refractivity contribution in [2.45, 2.75) is 13.1 Å². The molecule has 0 aliphatic rings. The van der Waals surface area contributed by atoms with Crippen LogP contribution in [0.3, 0.4) is 0 Å². The maximum atomic E-state index is 13.5. The van der Waals surface area contributed by atoms with E-state index >= 15 is 0 Å². The molecule has 0 saturated carbocycles. The SMILES string of the molecule is O=c1cc(-c2ccc(OCCOCCn3cc(-c4cccc(-c5cn(CCOCCOc6ccc(-c7cc(=O)c8cc(F)ccc8o7)cc6)nn5)c4)nn3)cc2)oc2ccc(F)cc12. The number of aromatic nitrogens is 6. The minimum atomic E-state index is -0.492. The average Bonchev–Trinajstić information content (AvgIpc) is 4.00. The highest BCUT2D eigenvalue weighted by Gasteiger charge is 2.12. The van der Waals surface area contributed by atoms with Crippen LogP contribution in [-0.4, -0.2) is 69.6 Å². The van der Waals surface area contributed by atoms with Crippen LogP contribution in [0.4, 0.5) is 8.78 Å². The molecule has 4 aromatic heterocycles. The zero-order chi connectivity index (χ0) is 43.8. The summed E-state index contributed by atoms with van der Waals surface area (Å²) in [5, 5.41) is 17.6. The van der Waals surface area contributed by atoms with Gasteiger partial charge in [-0.25, -0.2) is 18.1 Å². The van der Waals surface area contributed by atoms with E-state index in [9.17, 15) is 18.4 Å². The van der Waals surface area contributed by atoms with Crippen molar-refractivity contribution in [2.75, 3.05) is 39.6 Å². The minimum absolute atomic E-state index is 0.195. The predicted octanol–water partition coefficient (Wildman–Crippen LogP) is 8.22. The lowest BCUT2D eigenvalue weighted by Gasteiger charge is -2.08. The Kier molecular flexibility index (Phi) is 12.4. The molecular formula is C48H38F2N6O8. The molecule has 0 spiro atoms. The summed E-state index contributed by atoms with van der Waals surface area (Å²) in [6.45, 7) is 3.22. The molecule has 9 aromatic rings. The zero-order valence-corrected chi connectivity index (χ0v) is 34.1. The van der Waals surface area contributed by atoms with Crippen LogP contribution in [0.1, 0.15) is 0 Å². The van der Waals surface area contributed by atoms with Crippen molar-refractivity contribution >= 4 is 21.9 Å². The van der Waals surface area contributed by atoms with E-state index in [0.29, 0.717) is 109 Å². The predicted molar refractivity (Wildman–Crippen MR) is 233 cm³/mol. The Bertz CT molecular complexity index is 2960. The molecule has 14 nitrogen and oxygen atoms in total. The molecule has 0 bridgehead atoms. The topological polar surface area (TPSA) is 159 Å². The van der Waals surface area contributed by atoms with E-state index in [2.05, 4.69) is 20.6 Å². The highest BCUT2D eigenvalue weighted by Crippen LogP contribution is 2.27. The first-order chi connectivity index (χ1) is 31.3. The normalized spacial score (nSPS) is 11.4. The Labute approximate surface area is 362 Å². The van der Waals surface area contributed by atoms with Gasteiger partial charge in [0.1, 0.15) is 70.4 Å². The van der Waals surface area contributed by atoms with Crippen LogP contribution in [-0.2, 0) is 22.6 Å². The molecule has 16 heteroatoms. The van der Waals surface area contributed by atoms with E-state index in [4.69, 9.17) is 27.8 Å².